The van der Waals surface area contributed by atoms with Gasteiger partial charge in [-0.3, -0.25) is 4.79 Å². The number of amides is 2. The van der Waals surface area contributed by atoms with Gasteiger partial charge in [-0.1, -0.05) is 19.3 Å². The lowest BCUT2D eigenvalue weighted by molar-refractivity contribution is -0.114. The Hall–Kier alpha value is -0.380. The fraction of sp³-hybridized carbons (Fsp3) is 0.500. The molecule has 7 nitrogen and oxygen atoms in total. The monoisotopic (exact) mass is 726 g/mol. The van der Waals surface area contributed by atoms with Gasteiger partial charge >= 0.3 is 12.1 Å². The molecule has 1 aliphatic rings. The van der Waals surface area contributed by atoms with Crippen molar-refractivity contribution in [3.63, 3.8) is 0 Å². The first-order valence-corrected chi connectivity index (χ1v) is 12.1. The van der Waals surface area contributed by atoms with Crippen LogP contribution in [-0.2, 0) is 14.3 Å². The van der Waals surface area contributed by atoms with Gasteiger partial charge in [0.2, 0.25) is 5.91 Å². The van der Waals surface area contributed by atoms with Crippen molar-refractivity contribution < 1.29 is 23.9 Å². The van der Waals surface area contributed by atoms with E-state index in [1.165, 1.54) is 13.3 Å². The molecule has 10 heteroatoms. The van der Waals surface area contributed by atoms with Crippen LogP contribution in [0.5, 0.6) is 0 Å². The van der Waals surface area contributed by atoms with Gasteiger partial charge in [-0.15, -0.1) is 0 Å². The van der Waals surface area contributed by atoms with Gasteiger partial charge in [0.15, 0.2) is 0 Å². The molecule has 0 heterocycles. The number of carbonyl (C=O) groups is 3. The van der Waals surface area contributed by atoms with Crippen molar-refractivity contribution in [1.29, 1.82) is 0 Å². The number of anilines is 1. The smallest absolute Gasteiger partial charge is 0.407 e. The fourth-order valence-corrected chi connectivity index (χ4v) is 6.95. The Kier molecular flexibility index (Phi) is 10.00. The van der Waals surface area contributed by atoms with Gasteiger partial charge in [0.25, 0.3) is 0 Å². The molecule has 0 saturated heterocycles. The molecule has 2 rings (SSSR count). The summed E-state index contributed by atoms with van der Waals surface area (Å²) in [4.78, 5) is 35.7. The molecule has 1 aromatic carbocycles. The number of halogens is 3. The maximum absolute atomic E-state index is 12.5. The number of hydrogen-bond acceptors (Lipinski definition) is 5. The number of alkyl carbamates (subject to hydrolysis) is 1. The van der Waals surface area contributed by atoms with Gasteiger partial charge in [0.1, 0.15) is 13.2 Å². The normalized spacial score (nSPS) is 14.3. The molecule has 28 heavy (non-hydrogen) atoms. The lowest BCUT2D eigenvalue weighted by Gasteiger charge is -2.22. The lowest BCUT2D eigenvalue weighted by Crippen LogP contribution is -2.37. The standard InChI is InChI=1S/C18H21I3N2O5/c1-10(24)22-16-13(20)9-12(19)14(15(16)21)17(25)27-7-8-28-18(26)23-11-5-3-2-4-6-11/h9,11H,2-8H2,1H3,(H,22,24)(H,23,26). The zero-order valence-electron chi connectivity index (χ0n) is 15.3. The minimum atomic E-state index is -0.520. The molecule has 2 N–H and O–H groups in total. The van der Waals surface area contributed by atoms with Crippen LogP contribution in [0.15, 0.2) is 6.07 Å². The fourth-order valence-electron chi connectivity index (χ4n) is 2.86. The first kappa shape index (κ1) is 23.9. The second kappa shape index (κ2) is 11.7. The molecular formula is C18H21I3N2O5. The van der Waals surface area contributed by atoms with Crippen molar-refractivity contribution in [2.24, 2.45) is 0 Å². The highest BCUT2D eigenvalue weighted by Gasteiger charge is 2.22. The Morgan fingerprint density at radius 3 is 2.32 bits per heavy atom. The SMILES string of the molecule is CC(=O)Nc1c(I)cc(I)c(C(=O)OCCOC(=O)NC2CCCCC2)c1I. The van der Waals surface area contributed by atoms with E-state index < -0.39 is 12.1 Å². The van der Waals surface area contributed by atoms with Gasteiger partial charge in [-0.05, 0) is 86.7 Å². The van der Waals surface area contributed by atoms with Crippen molar-refractivity contribution in [2.75, 3.05) is 18.5 Å². The summed E-state index contributed by atoms with van der Waals surface area (Å²) in [6, 6.07) is 1.98. The molecule has 1 aliphatic carbocycles. The summed E-state index contributed by atoms with van der Waals surface area (Å²) in [5.74, 6) is -0.734. The molecule has 0 aliphatic heterocycles. The van der Waals surface area contributed by atoms with Gasteiger partial charge in [-0.25, -0.2) is 9.59 Å². The van der Waals surface area contributed by atoms with Crippen molar-refractivity contribution in [3.8, 4) is 0 Å². The summed E-state index contributed by atoms with van der Waals surface area (Å²) in [7, 11) is 0. The van der Waals surface area contributed by atoms with Crippen LogP contribution in [0.1, 0.15) is 49.4 Å². The molecular weight excluding hydrogens is 705 g/mol. The third-order valence-electron chi connectivity index (χ3n) is 4.15. The van der Waals surface area contributed by atoms with Gasteiger partial charge in [0.05, 0.1) is 14.8 Å². The summed E-state index contributed by atoms with van der Waals surface area (Å²) in [6.07, 6.45) is 4.93. The average molecular weight is 726 g/mol. The molecule has 2 amide bonds. The van der Waals surface area contributed by atoms with Crippen molar-refractivity contribution >= 4 is 91.4 Å². The number of carbonyl (C=O) groups excluding carboxylic acids is 3. The molecule has 0 atom stereocenters. The first-order valence-electron chi connectivity index (χ1n) is 8.85. The van der Waals surface area contributed by atoms with Crippen LogP contribution in [0.25, 0.3) is 0 Å². The maximum Gasteiger partial charge on any atom is 0.407 e. The third-order valence-corrected chi connectivity index (χ3v) is 6.93. The minimum absolute atomic E-state index is 0.0135. The van der Waals surface area contributed by atoms with Crippen LogP contribution >= 0.6 is 67.8 Å². The van der Waals surface area contributed by atoms with Crippen LogP contribution < -0.4 is 10.6 Å². The molecule has 0 spiro atoms. The van der Waals surface area contributed by atoms with Crippen LogP contribution in [-0.4, -0.2) is 37.2 Å². The Bertz CT molecular complexity index is 751. The van der Waals surface area contributed by atoms with E-state index in [1.807, 2.05) is 22.6 Å². The molecule has 0 bridgehead atoms. The highest BCUT2D eigenvalue weighted by molar-refractivity contribution is 14.1. The van der Waals surface area contributed by atoms with Gasteiger partial charge in [0, 0.05) is 20.1 Å². The van der Waals surface area contributed by atoms with Crippen molar-refractivity contribution in [2.45, 2.75) is 45.1 Å². The Balaban J connectivity index is 1.87. The second-order valence-electron chi connectivity index (χ2n) is 6.34. The second-order valence-corrected chi connectivity index (χ2v) is 9.74. The quantitative estimate of drug-likeness (QED) is 0.253. The minimum Gasteiger partial charge on any atom is -0.458 e. The number of benzene rings is 1. The van der Waals surface area contributed by atoms with Gasteiger partial charge in [-0.2, -0.15) is 0 Å². The van der Waals surface area contributed by atoms with Crippen LogP contribution in [0.2, 0.25) is 0 Å². The maximum atomic E-state index is 12.5. The molecule has 1 aromatic rings. The van der Waals surface area contributed by atoms with E-state index in [0.717, 1.165) is 32.8 Å². The average Bonchev–Trinajstić information content (AvgIpc) is 2.63. The Labute approximate surface area is 204 Å². The van der Waals surface area contributed by atoms with Gasteiger partial charge < -0.3 is 20.1 Å². The van der Waals surface area contributed by atoms with Crippen molar-refractivity contribution in [3.05, 3.63) is 22.3 Å². The predicted octanol–water partition coefficient (Wildman–Crippen LogP) is 4.67. The third kappa shape index (κ3) is 7.15. The number of hydrogen-bond donors (Lipinski definition) is 2. The Morgan fingerprint density at radius 2 is 1.68 bits per heavy atom. The summed E-state index contributed by atoms with van der Waals surface area (Å²) in [5.41, 5.74) is 0.973. The largest absolute Gasteiger partial charge is 0.458 e. The first-order chi connectivity index (χ1) is 13.3. The van der Waals surface area contributed by atoms with Crippen LogP contribution in [0.4, 0.5) is 10.5 Å². The van der Waals surface area contributed by atoms with E-state index in [9.17, 15) is 14.4 Å². The van der Waals surface area contributed by atoms with Crippen molar-refractivity contribution in [1.82, 2.24) is 5.32 Å². The number of rotatable bonds is 6. The molecule has 0 aromatic heterocycles. The highest BCUT2D eigenvalue weighted by atomic mass is 127. The Morgan fingerprint density at radius 1 is 1.04 bits per heavy atom. The van der Waals surface area contributed by atoms with Crippen LogP contribution in [0.3, 0.4) is 0 Å². The van der Waals surface area contributed by atoms with E-state index in [1.54, 1.807) is 6.07 Å². The summed E-state index contributed by atoms with van der Waals surface area (Å²) in [5, 5.41) is 5.59. The number of nitrogens with one attached hydrogen (secondary N) is 2. The van der Waals surface area contributed by atoms with E-state index in [0.29, 0.717) is 14.8 Å². The molecule has 0 radical (unpaired) electrons. The van der Waals surface area contributed by atoms with E-state index >= 15 is 0 Å². The molecule has 0 unspecified atom stereocenters. The number of ether oxygens (including phenoxy) is 2. The molecule has 1 fully saturated rings. The molecule has 1 saturated carbocycles. The zero-order chi connectivity index (χ0) is 20.7. The summed E-state index contributed by atoms with van der Waals surface area (Å²) < 4.78 is 12.5. The van der Waals surface area contributed by atoms with E-state index in [-0.39, 0.29) is 25.2 Å². The zero-order valence-corrected chi connectivity index (χ0v) is 21.8. The van der Waals surface area contributed by atoms with Crippen LogP contribution in [0, 0.1) is 10.7 Å². The summed E-state index contributed by atoms with van der Waals surface area (Å²) in [6.45, 7) is 1.36. The predicted molar refractivity (Wildman–Crippen MR) is 131 cm³/mol. The lowest BCUT2D eigenvalue weighted by atomic mass is 9.96. The highest BCUT2D eigenvalue weighted by Crippen LogP contribution is 2.32. The molecule has 154 valence electrons. The topological polar surface area (TPSA) is 93.7 Å². The van der Waals surface area contributed by atoms with E-state index in [4.69, 9.17) is 9.47 Å². The van der Waals surface area contributed by atoms with E-state index in [2.05, 4.69) is 55.8 Å². The summed E-state index contributed by atoms with van der Waals surface area (Å²) >= 11 is 6.19. The number of esters is 1.